The predicted octanol–water partition coefficient (Wildman–Crippen LogP) is 3.46. The minimum Gasteiger partial charge on any atom is -0.319 e. The molecular weight excluding hydrogens is 234 g/mol. The van der Waals surface area contributed by atoms with Crippen LogP contribution in [0.25, 0.3) is 0 Å². The monoisotopic (exact) mass is 259 g/mol. The van der Waals surface area contributed by atoms with Crippen LogP contribution in [0.2, 0.25) is 0 Å². The van der Waals surface area contributed by atoms with Gasteiger partial charge in [0, 0.05) is 11.5 Å². The molecule has 1 aromatic carbocycles. The van der Waals surface area contributed by atoms with E-state index in [0.29, 0.717) is 11.7 Å². The number of carbonyl (C=O) groups excluding carboxylic acids is 1. The van der Waals surface area contributed by atoms with Crippen molar-refractivity contribution in [2.45, 2.75) is 39.0 Å². The maximum Gasteiger partial charge on any atom is 0.166 e. The average molecular weight is 259 g/mol. The third-order valence-corrected chi connectivity index (χ3v) is 4.23. The molecule has 2 heteroatoms. The molecule has 0 radical (unpaired) electrons. The maximum atomic E-state index is 12.7. The molecule has 2 unspecified atom stereocenters. The van der Waals surface area contributed by atoms with Crippen LogP contribution in [0.15, 0.2) is 24.3 Å². The Morgan fingerprint density at radius 2 is 2.11 bits per heavy atom. The highest BCUT2D eigenvalue weighted by atomic mass is 16.1. The van der Waals surface area contributed by atoms with Crippen LogP contribution in [0.4, 0.5) is 0 Å². The van der Waals surface area contributed by atoms with Crippen molar-refractivity contribution in [3.63, 3.8) is 0 Å². The number of hydrogen-bond acceptors (Lipinski definition) is 2. The van der Waals surface area contributed by atoms with E-state index in [-0.39, 0.29) is 5.92 Å². The molecule has 19 heavy (non-hydrogen) atoms. The van der Waals surface area contributed by atoms with Crippen molar-refractivity contribution in [1.82, 2.24) is 5.32 Å². The fourth-order valence-corrected chi connectivity index (χ4v) is 3.13. The van der Waals surface area contributed by atoms with Gasteiger partial charge in [0.15, 0.2) is 5.78 Å². The van der Waals surface area contributed by atoms with Crippen LogP contribution in [0, 0.1) is 11.8 Å². The summed E-state index contributed by atoms with van der Waals surface area (Å²) < 4.78 is 0. The first-order valence-electron chi connectivity index (χ1n) is 7.49. The van der Waals surface area contributed by atoms with E-state index in [1.54, 1.807) is 0 Å². The van der Waals surface area contributed by atoms with E-state index >= 15 is 0 Å². The van der Waals surface area contributed by atoms with E-state index in [0.717, 1.165) is 31.4 Å². The molecular formula is C17H25NO. The second kappa shape index (κ2) is 6.85. The summed E-state index contributed by atoms with van der Waals surface area (Å²) in [6.45, 7) is 3.19. The summed E-state index contributed by atoms with van der Waals surface area (Å²) in [4.78, 5) is 12.7. The quantitative estimate of drug-likeness (QED) is 0.821. The Morgan fingerprint density at radius 1 is 1.32 bits per heavy atom. The van der Waals surface area contributed by atoms with Crippen LogP contribution < -0.4 is 5.32 Å². The van der Waals surface area contributed by atoms with E-state index in [1.165, 1.54) is 18.4 Å². The molecule has 2 atom stereocenters. The summed E-state index contributed by atoms with van der Waals surface area (Å²) >= 11 is 0. The van der Waals surface area contributed by atoms with Gasteiger partial charge in [0.25, 0.3) is 0 Å². The van der Waals surface area contributed by atoms with Crippen LogP contribution in [0.3, 0.4) is 0 Å². The molecule has 1 aliphatic rings. The molecule has 1 aromatic rings. The average Bonchev–Trinajstić information content (AvgIpc) is 2.44. The molecule has 1 fully saturated rings. The van der Waals surface area contributed by atoms with E-state index in [1.807, 2.05) is 25.2 Å². The lowest BCUT2D eigenvalue weighted by atomic mass is 9.78. The van der Waals surface area contributed by atoms with E-state index in [9.17, 15) is 4.79 Å². The van der Waals surface area contributed by atoms with Gasteiger partial charge in [-0.1, -0.05) is 44.0 Å². The highest BCUT2D eigenvalue weighted by molar-refractivity contribution is 5.99. The number of Topliss-reactive ketones (excluding diaryl/α,β-unsaturated/α-hetero) is 1. The van der Waals surface area contributed by atoms with Gasteiger partial charge in [0.1, 0.15) is 0 Å². The minimum absolute atomic E-state index is 0.250. The largest absolute Gasteiger partial charge is 0.319 e. The molecule has 1 saturated carbocycles. The molecule has 0 aromatic heterocycles. The Labute approximate surface area is 116 Å². The van der Waals surface area contributed by atoms with Crippen molar-refractivity contribution >= 4 is 5.78 Å². The molecule has 0 aliphatic heterocycles. The normalized spacial score (nSPS) is 23.3. The summed E-state index contributed by atoms with van der Waals surface area (Å²) in [5, 5.41) is 3.16. The second-order valence-electron chi connectivity index (χ2n) is 5.84. The zero-order chi connectivity index (χ0) is 13.7. The smallest absolute Gasteiger partial charge is 0.166 e. The molecule has 1 N–H and O–H groups in total. The SMILES string of the molecule is CNCCc1ccccc1C(=O)C1CCCC(C)C1. The highest BCUT2D eigenvalue weighted by Gasteiger charge is 2.26. The van der Waals surface area contributed by atoms with Gasteiger partial charge in [-0.15, -0.1) is 0 Å². The molecule has 2 rings (SSSR count). The first-order chi connectivity index (χ1) is 9.22. The zero-order valence-electron chi connectivity index (χ0n) is 12.1. The summed E-state index contributed by atoms with van der Waals surface area (Å²) in [6.07, 6.45) is 5.56. The molecule has 0 amide bonds. The van der Waals surface area contributed by atoms with Gasteiger partial charge in [-0.05, 0) is 44.3 Å². The number of hydrogen-bond donors (Lipinski definition) is 1. The van der Waals surface area contributed by atoms with Crippen LogP contribution in [0.1, 0.15) is 48.5 Å². The molecule has 2 nitrogen and oxygen atoms in total. The third-order valence-electron chi connectivity index (χ3n) is 4.23. The minimum atomic E-state index is 0.250. The van der Waals surface area contributed by atoms with Crippen LogP contribution in [0.5, 0.6) is 0 Å². The van der Waals surface area contributed by atoms with Gasteiger partial charge in [-0.2, -0.15) is 0 Å². The Morgan fingerprint density at radius 3 is 2.84 bits per heavy atom. The first-order valence-corrected chi connectivity index (χ1v) is 7.49. The Hall–Kier alpha value is -1.15. The lowest BCUT2D eigenvalue weighted by Crippen LogP contribution is -2.23. The number of rotatable bonds is 5. The fraction of sp³-hybridized carbons (Fsp3) is 0.588. The number of benzene rings is 1. The number of nitrogens with one attached hydrogen (secondary N) is 1. The first kappa shape index (κ1) is 14.3. The van der Waals surface area contributed by atoms with Crippen molar-refractivity contribution in [3.05, 3.63) is 35.4 Å². The van der Waals surface area contributed by atoms with Crippen molar-refractivity contribution in [1.29, 1.82) is 0 Å². The topological polar surface area (TPSA) is 29.1 Å². The fourth-order valence-electron chi connectivity index (χ4n) is 3.13. The maximum absolute atomic E-state index is 12.7. The van der Waals surface area contributed by atoms with E-state index in [4.69, 9.17) is 0 Å². The molecule has 104 valence electrons. The lowest BCUT2D eigenvalue weighted by molar-refractivity contribution is 0.0867. The molecule has 0 heterocycles. The van der Waals surface area contributed by atoms with Gasteiger partial charge in [0.05, 0.1) is 0 Å². The second-order valence-corrected chi connectivity index (χ2v) is 5.84. The number of ketones is 1. The van der Waals surface area contributed by atoms with E-state index in [2.05, 4.69) is 18.3 Å². The molecule has 0 bridgehead atoms. The van der Waals surface area contributed by atoms with Crippen LogP contribution in [-0.4, -0.2) is 19.4 Å². The Balaban J connectivity index is 2.13. The Kier molecular flexibility index (Phi) is 5.15. The predicted molar refractivity (Wildman–Crippen MR) is 79.5 cm³/mol. The highest BCUT2D eigenvalue weighted by Crippen LogP contribution is 2.31. The van der Waals surface area contributed by atoms with Gasteiger partial charge < -0.3 is 5.32 Å². The Bertz CT molecular complexity index is 427. The van der Waals surface area contributed by atoms with Gasteiger partial charge in [0.2, 0.25) is 0 Å². The lowest BCUT2D eigenvalue weighted by Gasteiger charge is -2.26. The summed E-state index contributed by atoms with van der Waals surface area (Å²) in [7, 11) is 1.95. The number of likely N-dealkylation sites (N-methyl/N-ethyl adjacent to an activating group) is 1. The van der Waals surface area contributed by atoms with Crippen molar-refractivity contribution in [2.24, 2.45) is 11.8 Å². The van der Waals surface area contributed by atoms with Crippen LogP contribution in [-0.2, 0) is 6.42 Å². The molecule has 1 aliphatic carbocycles. The molecule has 0 saturated heterocycles. The van der Waals surface area contributed by atoms with Gasteiger partial charge in [-0.25, -0.2) is 0 Å². The molecule has 0 spiro atoms. The number of carbonyl (C=O) groups is 1. The third kappa shape index (κ3) is 3.66. The summed E-state index contributed by atoms with van der Waals surface area (Å²) in [5.74, 6) is 1.32. The van der Waals surface area contributed by atoms with Crippen molar-refractivity contribution in [3.8, 4) is 0 Å². The summed E-state index contributed by atoms with van der Waals surface area (Å²) in [6, 6.07) is 8.12. The zero-order valence-corrected chi connectivity index (χ0v) is 12.1. The van der Waals surface area contributed by atoms with Crippen molar-refractivity contribution < 1.29 is 4.79 Å². The standard InChI is InChI=1S/C17H25NO/c1-13-6-5-8-15(12-13)17(19)16-9-4-3-7-14(16)10-11-18-2/h3-4,7,9,13,15,18H,5-6,8,10-12H2,1-2H3. The van der Waals surface area contributed by atoms with E-state index < -0.39 is 0 Å². The van der Waals surface area contributed by atoms with Crippen molar-refractivity contribution in [2.75, 3.05) is 13.6 Å². The summed E-state index contributed by atoms with van der Waals surface area (Å²) in [5.41, 5.74) is 2.15. The van der Waals surface area contributed by atoms with Gasteiger partial charge in [-0.3, -0.25) is 4.79 Å². The van der Waals surface area contributed by atoms with Crippen LogP contribution >= 0.6 is 0 Å². The van der Waals surface area contributed by atoms with Gasteiger partial charge >= 0.3 is 0 Å².